The zero-order valence-electron chi connectivity index (χ0n) is 16.8. The molecule has 3 rings (SSSR count). The fourth-order valence-electron chi connectivity index (χ4n) is 3.44. The van der Waals surface area contributed by atoms with Crippen LogP contribution in [0.4, 0.5) is 0 Å². The summed E-state index contributed by atoms with van der Waals surface area (Å²) in [5.74, 6) is 0.328. The summed E-state index contributed by atoms with van der Waals surface area (Å²) in [7, 11) is -3.75. The Bertz CT molecular complexity index is 1190. The van der Waals surface area contributed by atoms with Crippen molar-refractivity contribution in [3.05, 3.63) is 68.8 Å². The zero-order chi connectivity index (χ0) is 20.6. The third-order valence-electron chi connectivity index (χ3n) is 5.24. The molecule has 0 aliphatic rings. The normalized spacial score (nSPS) is 12.1. The highest BCUT2D eigenvalue weighted by atomic mass is 32.2. The summed E-state index contributed by atoms with van der Waals surface area (Å²) in [4.78, 5) is 19.8. The molecule has 1 heterocycles. The molecule has 0 aliphatic carbocycles. The first-order chi connectivity index (χ1) is 13.2. The van der Waals surface area contributed by atoms with Crippen LogP contribution in [0.3, 0.4) is 0 Å². The Labute approximate surface area is 165 Å². The van der Waals surface area contributed by atoms with Crippen LogP contribution in [-0.4, -0.2) is 29.2 Å². The summed E-state index contributed by atoms with van der Waals surface area (Å²) in [5.41, 5.74) is 3.66. The average molecular weight is 400 g/mol. The SMILES string of the molecule is CCN(Cc1nc2ccccc2c(=O)[nH]1)S(=O)(=O)c1c(C)c(C)cc(C)c1C. The maximum Gasteiger partial charge on any atom is 0.258 e. The van der Waals surface area contributed by atoms with E-state index in [0.29, 0.717) is 21.6 Å². The van der Waals surface area contributed by atoms with Gasteiger partial charge in [-0.3, -0.25) is 4.79 Å². The lowest BCUT2D eigenvalue weighted by atomic mass is 10.0. The highest BCUT2D eigenvalue weighted by Gasteiger charge is 2.29. The van der Waals surface area contributed by atoms with E-state index in [1.54, 1.807) is 31.2 Å². The third-order valence-corrected chi connectivity index (χ3v) is 7.43. The van der Waals surface area contributed by atoms with E-state index < -0.39 is 10.0 Å². The molecular formula is C21H25N3O3S. The molecule has 0 atom stereocenters. The molecule has 7 heteroatoms. The predicted molar refractivity (Wildman–Crippen MR) is 111 cm³/mol. The number of hydrogen-bond donors (Lipinski definition) is 1. The molecule has 0 aliphatic heterocycles. The van der Waals surface area contributed by atoms with Gasteiger partial charge in [-0.25, -0.2) is 13.4 Å². The van der Waals surface area contributed by atoms with Gasteiger partial charge in [0.2, 0.25) is 10.0 Å². The Morgan fingerprint density at radius 3 is 2.25 bits per heavy atom. The minimum absolute atomic E-state index is 0.00474. The van der Waals surface area contributed by atoms with Crippen LogP contribution >= 0.6 is 0 Å². The number of rotatable bonds is 5. The van der Waals surface area contributed by atoms with E-state index in [4.69, 9.17) is 0 Å². The zero-order valence-corrected chi connectivity index (χ0v) is 17.6. The molecule has 0 bridgehead atoms. The molecule has 3 aromatic rings. The van der Waals surface area contributed by atoms with E-state index >= 15 is 0 Å². The number of H-pyrrole nitrogens is 1. The lowest BCUT2D eigenvalue weighted by Crippen LogP contribution is -2.33. The van der Waals surface area contributed by atoms with Crippen molar-refractivity contribution in [2.24, 2.45) is 0 Å². The number of benzene rings is 2. The number of aromatic nitrogens is 2. The van der Waals surface area contributed by atoms with Crippen molar-refractivity contribution in [3.8, 4) is 0 Å². The van der Waals surface area contributed by atoms with Gasteiger partial charge >= 0.3 is 0 Å². The number of sulfonamides is 1. The van der Waals surface area contributed by atoms with E-state index in [0.717, 1.165) is 22.3 Å². The van der Waals surface area contributed by atoms with Crippen molar-refractivity contribution in [2.45, 2.75) is 46.1 Å². The molecule has 1 aromatic heterocycles. The van der Waals surface area contributed by atoms with Crippen LogP contribution in [0, 0.1) is 27.7 Å². The number of para-hydroxylation sites is 1. The fourth-order valence-corrected chi connectivity index (χ4v) is 5.43. The highest BCUT2D eigenvalue weighted by Crippen LogP contribution is 2.29. The van der Waals surface area contributed by atoms with Gasteiger partial charge in [0.05, 0.1) is 22.3 Å². The summed E-state index contributed by atoms with van der Waals surface area (Å²) in [5, 5.41) is 0.484. The number of hydrogen-bond acceptors (Lipinski definition) is 4. The minimum atomic E-state index is -3.75. The van der Waals surface area contributed by atoms with Gasteiger partial charge in [0, 0.05) is 6.54 Å². The molecule has 0 spiro atoms. The van der Waals surface area contributed by atoms with Crippen molar-refractivity contribution < 1.29 is 8.42 Å². The minimum Gasteiger partial charge on any atom is -0.309 e. The molecule has 0 radical (unpaired) electrons. The van der Waals surface area contributed by atoms with Crippen LogP contribution in [0.5, 0.6) is 0 Å². The number of nitrogens with one attached hydrogen (secondary N) is 1. The summed E-state index contributed by atoms with van der Waals surface area (Å²) >= 11 is 0. The van der Waals surface area contributed by atoms with Crippen LogP contribution in [-0.2, 0) is 16.6 Å². The summed E-state index contributed by atoms with van der Waals surface area (Å²) in [6, 6.07) is 9.02. The molecule has 0 fully saturated rings. The second-order valence-electron chi connectivity index (χ2n) is 7.05. The maximum absolute atomic E-state index is 13.5. The van der Waals surface area contributed by atoms with E-state index in [1.807, 2.05) is 33.8 Å². The molecule has 148 valence electrons. The lowest BCUT2D eigenvalue weighted by molar-refractivity contribution is 0.413. The number of aromatic amines is 1. The second kappa shape index (κ2) is 7.48. The van der Waals surface area contributed by atoms with Gasteiger partial charge < -0.3 is 4.98 Å². The van der Waals surface area contributed by atoms with Crippen LogP contribution in [0.15, 0.2) is 40.0 Å². The van der Waals surface area contributed by atoms with Gasteiger partial charge in [-0.05, 0) is 62.1 Å². The molecule has 0 unspecified atom stereocenters. The second-order valence-corrected chi connectivity index (χ2v) is 8.93. The van der Waals surface area contributed by atoms with E-state index in [-0.39, 0.29) is 18.6 Å². The average Bonchev–Trinajstić information content (AvgIpc) is 2.64. The molecule has 6 nitrogen and oxygen atoms in total. The first-order valence-electron chi connectivity index (χ1n) is 9.22. The van der Waals surface area contributed by atoms with Gasteiger partial charge in [0.15, 0.2) is 0 Å². The van der Waals surface area contributed by atoms with Gasteiger partial charge in [-0.15, -0.1) is 0 Å². The van der Waals surface area contributed by atoms with E-state index in [1.165, 1.54) is 4.31 Å². The largest absolute Gasteiger partial charge is 0.309 e. The quantitative estimate of drug-likeness (QED) is 0.713. The first kappa shape index (κ1) is 20.2. The smallest absolute Gasteiger partial charge is 0.258 e. The molecule has 1 N–H and O–H groups in total. The van der Waals surface area contributed by atoms with Crippen molar-refractivity contribution in [1.82, 2.24) is 14.3 Å². The van der Waals surface area contributed by atoms with Gasteiger partial charge in [0.25, 0.3) is 5.56 Å². The lowest BCUT2D eigenvalue weighted by Gasteiger charge is -2.24. The molecule has 28 heavy (non-hydrogen) atoms. The van der Waals surface area contributed by atoms with E-state index in [2.05, 4.69) is 9.97 Å². The monoisotopic (exact) mass is 399 g/mol. The summed E-state index contributed by atoms with van der Waals surface area (Å²) in [6.45, 7) is 9.55. The van der Waals surface area contributed by atoms with Crippen molar-refractivity contribution in [2.75, 3.05) is 6.54 Å². The number of fused-ring (bicyclic) bond motifs is 1. The molecule has 0 amide bonds. The van der Waals surface area contributed by atoms with Crippen molar-refractivity contribution in [1.29, 1.82) is 0 Å². The van der Waals surface area contributed by atoms with Crippen molar-refractivity contribution >= 4 is 20.9 Å². The van der Waals surface area contributed by atoms with Gasteiger partial charge in [-0.2, -0.15) is 4.31 Å². The van der Waals surface area contributed by atoms with Crippen molar-refractivity contribution in [3.63, 3.8) is 0 Å². The van der Waals surface area contributed by atoms with E-state index in [9.17, 15) is 13.2 Å². The Balaban J connectivity index is 2.09. The molecule has 0 saturated carbocycles. The van der Waals surface area contributed by atoms with Gasteiger partial charge in [0.1, 0.15) is 5.82 Å². The number of nitrogens with zero attached hydrogens (tertiary/aromatic N) is 2. The third kappa shape index (κ3) is 3.47. The fraction of sp³-hybridized carbons (Fsp3) is 0.333. The first-order valence-corrected chi connectivity index (χ1v) is 10.7. The van der Waals surface area contributed by atoms with Crippen LogP contribution in [0.2, 0.25) is 0 Å². The van der Waals surface area contributed by atoms with Crippen LogP contribution in [0.25, 0.3) is 10.9 Å². The van der Waals surface area contributed by atoms with Crippen LogP contribution < -0.4 is 5.56 Å². The maximum atomic E-state index is 13.5. The summed E-state index contributed by atoms with van der Waals surface area (Å²) in [6.07, 6.45) is 0. The van der Waals surface area contributed by atoms with Gasteiger partial charge in [-0.1, -0.05) is 25.1 Å². The summed E-state index contributed by atoms with van der Waals surface area (Å²) < 4.78 is 28.3. The Morgan fingerprint density at radius 2 is 1.64 bits per heavy atom. The Kier molecular flexibility index (Phi) is 5.41. The predicted octanol–water partition coefficient (Wildman–Crippen LogP) is 3.37. The number of aryl methyl sites for hydroxylation is 2. The molecule has 0 saturated heterocycles. The molecular weight excluding hydrogens is 374 g/mol. The standard InChI is InChI=1S/C21H25N3O3S/c1-6-24(12-19-22-18-10-8-7-9-17(18)21(25)23-19)28(26,27)20-15(4)13(2)11-14(3)16(20)5/h7-11H,6,12H2,1-5H3,(H,22,23,25). The Hall–Kier alpha value is -2.51. The van der Waals surface area contributed by atoms with Crippen LogP contribution in [0.1, 0.15) is 35.0 Å². The highest BCUT2D eigenvalue weighted by molar-refractivity contribution is 7.89. The Morgan fingerprint density at radius 1 is 1.04 bits per heavy atom. The molecule has 2 aromatic carbocycles. The topological polar surface area (TPSA) is 83.1 Å².